The number of hydrogen-bond acceptors (Lipinski definition) is 2. The molecule has 23 heavy (non-hydrogen) atoms. The Bertz CT molecular complexity index is 928. The molecule has 6 heteroatoms. The first-order valence-electron chi connectivity index (χ1n) is 6.77. The lowest BCUT2D eigenvalue weighted by atomic mass is 10.1. The largest absolute Gasteiger partial charge is 0.321 e. The molecule has 0 saturated carbocycles. The summed E-state index contributed by atoms with van der Waals surface area (Å²) in [6.45, 7) is 1.72. The van der Waals surface area contributed by atoms with Crippen molar-refractivity contribution in [3.05, 3.63) is 69.6 Å². The molecule has 2 aromatic carbocycles. The summed E-state index contributed by atoms with van der Waals surface area (Å²) >= 11 is 12.0. The van der Waals surface area contributed by atoms with E-state index in [1.807, 2.05) is 0 Å². The van der Waals surface area contributed by atoms with Gasteiger partial charge in [-0.05, 0) is 49.4 Å². The summed E-state index contributed by atoms with van der Waals surface area (Å²) in [6, 6.07) is 10.6. The predicted molar refractivity (Wildman–Crippen MR) is 90.9 cm³/mol. The van der Waals surface area contributed by atoms with Crippen LogP contribution in [0.25, 0.3) is 10.9 Å². The number of pyridine rings is 1. The summed E-state index contributed by atoms with van der Waals surface area (Å²) in [5.41, 5.74) is 1.92. The molecular weight excluding hydrogens is 338 g/mol. The Morgan fingerprint density at radius 1 is 1.13 bits per heavy atom. The number of rotatable bonds is 2. The lowest BCUT2D eigenvalue weighted by Crippen LogP contribution is -2.14. The highest BCUT2D eigenvalue weighted by Crippen LogP contribution is 2.26. The molecule has 1 N–H and O–H groups in total. The van der Waals surface area contributed by atoms with Gasteiger partial charge in [0.2, 0.25) is 0 Å². The molecule has 1 heterocycles. The molecular formula is C17H11Cl2FN2O. The van der Waals surface area contributed by atoms with Crippen molar-refractivity contribution >= 4 is 45.7 Å². The summed E-state index contributed by atoms with van der Waals surface area (Å²) in [6.07, 6.45) is 0. The van der Waals surface area contributed by atoms with Crippen molar-refractivity contribution < 1.29 is 9.18 Å². The van der Waals surface area contributed by atoms with Crippen LogP contribution in [0.2, 0.25) is 10.0 Å². The van der Waals surface area contributed by atoms with Crippen molar-refractivity contribution in [3.8, 4) is 0 Å². The van der Waals surface area contributed by atoms with Gasteiger partial charge in [0.25, 0.3) is 5.91 Å². The quantitative estimate of drug-likeness (QED) is 0.687. The molecule has 0 unspecified atom stereocenters. The van der Waals surface area contributed by atoms with E-state index in [4.69, 9.17) is 23.2 Å². The number of carbonyl (C=O) groups is 1. The summed E-state index contributed by atoms with van der Waals surface area (Å²) in [5.74, 6) is -0.766. The highest BCUT2D eigenvalue weighted by atomic mass is 35.5. The predicted octanol–water partition coefficient (Wildman–Crippen LogP) is 5.24. The van der Waals surface area contributed by atoms with E-state index in [0.29, 0.717) is 37.9 Å². The molecule has 1 amide bonds. The summed E-state index contributed by atoms with van der Waals surface area (Å²) < 4.78 is 13.4. The van der Waals surface area contributed by atoms with E-state index in [-0.39, 0.29) is 11.7 Å². The molecule has 3 nitrogen and oxygen atoms in total. The van der Waals surface area contributed by atoms with Gasteiger partial charge in [-0.3, -0.25) is 9.78 Å². The third-order valence-corrected chi connectivity index (χ3v) is 3.95. The van der Waals surface area contributed by atoms with Crippen LogP contribution in [0.3, 0.4) is 0 Å². The number of anilines is 1. The molecule has 0 atom stereocenters. The standard InChI is InChI=1S/C17H11Cl2FN2O/c1-9-13(7-10-6-12(20)3-5-15(10)21-9)17(23)22-16-8-11(18)2-4-14(16)19/h2-8H,1H3,(H,22,23). The average molecular weight is 349 g/mol. The van der Waals surface area contributed by atoms with Crippen LogP contribution in [0.5, 0.6) is 0 Å². The van der Waals surface area contributed by atoms with Gasteiger partial charge in [0, 0.05) is 10.4 Å². The normalized spacial score (nSPS) is 10.8. The molecule has 0 spiro atoms. The van der Waals surface area contributed by atoms with Crippen LogP contribution < -0.4 is 5.32 Å². The smallest absolute Gasteiger partial charge is 0.257 e. The fraction of sp³-hybridized carbons (Fsp3) is 0.0588. The zero-order chi connectivity index (χ0) is 16.6. The molecule has 0 saturated heterocycles. The van der Waals surface area contributed by atoms with Gasteiger partial charge in [-0.2, -0.15) is 0 Å². The first-order valence-corrected chi connectivity index (χ1v) is 7.53. The number of aromatic nitrogens is 1. The maximum Gasteiger partial charge on any atom is 0.257 e. The summed E-state index contributed by atoms with van der Waals surface area (Å²) in [4.78, 5) is 16.8. The van der Waals surface area contributed by atoms with Crippen molar-refractivity contribution in [3.63, 3.8) is 0 Å². The van der Waals surface area contributed by atoms with Gasteiger partial charge in [0.1, 0.15) is 5.82 Å². The molecule has 0 aliphatic carbocycles. The van der Waals surface area contributed by atoms with E-state index >= 15 is 0 Å². The third-order valence-electron chi connectivity index (χ3n) is 3.39. The topological polar surface area (TPSA) is 42.0 Å². The number of nitrogens with zero attached hydrogens (tertiary/aromatic N) is 1. The Labute approximate surface area is 142 Å². The molecule has 3 rings (SSSR count). The van der Waals surface area contributed by atoms with Crippen LogP contribution in [0, 0.1) is 12.7 Å². The van der Waals surface area contributed by atoms with Gasteiger partial charge in [-0.15, -0.1) is 0 Å². The average Bonchev–Trinajstić information content (AvgIpc) is 2.50. The monoisotopic (exact) mass is 348 g/mol. The number of nitrogens with one attached hydrogen (secondary N) is 1. The molecule has 116 valence electrons. The van der Waals surface area contributed by atoms with Gasteiger partial charge in [-0.25, -0.2) is 4.39 Å². The van der Waals surface area contributed by atoms with Gasteiger partial charge in [0.15, 0.2) is 0 Å². The van der Waals surface area contributed by atoms with E-state index in [2.05, 4.69) is 10.3 Å². The van der Waals surface area contributed by atoms with Gasteiger partial charge in [-0.1, -0.05) is 23.2 Å². The highest BCUT2D eigenvalue weighted by molar-refractivity contribution is 6.35. The lowest BCUT2D eigenvalue weighted by molar-refractivity contribution is 0.102. The van der Waals surface area contributed by atoms with Gasteiger partial charge < -0.3 is 5.32 Å². The Morgan fingerprint density at radius 3 is 2.70 bits per heavy atom. The van der Waals surface area contributed by atoms with E-state index < -0.39 is 0 Å². The maximum atomic E-state index is 13.4. The molecule has 0 fully saturated rings. The van der Waals surface area contributed by atoms with Crippen LogP contribution in [0.1, 0.15) is 16.1 Å². The van der Waals surface area contributed by atoms with Crippen LogP contribution in [0.15, 0.2) is 42.5 Å². The zero-order valence-electron chi connectivity index (χ0n) is 12.0. The first kappa shape index (κ1) is 15.7. The molecule has 0 radical (unpaired) electrons. The Morgan fingerprint density at radius 2 is 1.91 bits per heavy atom. The zero-order valence-corrected chi connectivity index (χ0v) is 13.5. The van der Waals surface area contributed by atoms with Crippen molar-refractivity contribution in [2.45, 2.75) is 6.92 Å². The van der Waals surface area contributed by atoms with Crippen molar-refractivity contribution in [1.82, 2.24) is 4.98 Å². The number of benzene rings is 2. The Balaban J connectivity index is 2.00. The molecule has 1 aromatic heterocycles. The molecule has 0 aliphatic rings. The number of hydrogen-bond donors (Lipinski definition) is 1. The second-order valence-electron chi connectivity index (χ2n) is 5.04. The molecule has 3 aromatic rings. The van der Waals surface area contributed by atoms with Crippen LogP contribution in [0.4, 0.5) is 10.1 Å². The number of halogens is 3. The minimum absolute atomic E-state index is 0.346. The minimum Gasteiger partial charge on any atom is -0.321 e. The first-order chi connectivity index (χ1) is 10.9. The van der Waals surface area contributed by atoms with Gasteiger partial charge in [0.05, 0.1) is 27.5 Å². The minimum atomic E-state index is -0.384. The van der Waals surface area contributed by atoms with E-state index in [0.717, 1.165) is 0 Å². The molecule has 0 bridgehead atoms. The fourth-order valence-electron chi connectivity index (χ4n) is 2.26. The maximum absolute atomic E-state index is 13.4. The molecule has 0 aliphatic heterocycles. The third kappa shape index (κ3) is 3.28. The summed E-state index contributed by atoms with van der Waals surface area (Å²) in [5, 5.41) is 4.09. The number of carbonyl (C=O) groups excluding carboxylic acids is 1. The lowest BCUT2D eigenvalue weighted by Gasteiger charge is -2.10. The van der Waals surface area contributed by atoms with Gasteiger partial charge >= 0.3 is 0 Å². The number of amides is 1. The van der Waals surface area contributed by atoms with Crippen molar-refractivity contribution in [2.24, 2.45) is 0 Å². The highest BCUT2D eigenvalue weighted by Gasteiger charge is 2.14. The summed E-state index contributed by atoms with van der Waals surface area (Å²) in [7, 11) is 0. The number of aryl methyl sites for hydroxylation is 1. The van der Waals surface area contributed by atoms with E-state index in [1.165, 1.54) is 12.1 Å². The fourth-order valence-corrected chi connectivity index (χ4v) is 2.59. The Kier molecular flexibility index (Phi) is 4.20. The number of fused-ring (bicyclic) bond motifs is 1. The van der Waals surface area contributed by atoms with Crippen LogP contribution >= 0.6 is 23.2 Å². The van der Waals surface area contributed by atoms with Crippen molar-refractivity contribution in [1.29, 1.82) is 0 Å². The van der Waals surface area contributed by atoms with E-state index in [1.54, 1.807) is 37.3 Å². The van der Waals surface area contributed by atoms with Crippen molar-refractivity contribution in [2.75, 3.05) is 5.32 Å². The Hall–Kier alpha value is -2.17. The van der Waals surface area contributed by atoms with Crippen LogP contribution in [-0.4, -0.2) is 10.9 Å². The second kappa shape index (κ2) is 6.14. The van der Waals surface area contributed by atoms with Crippen LogP contribution in [-0.2, 0) is 0 Å². The van der Waals surface area contributed by atoms with E-state index in [9.17, 15) is 9.18 Å². The second-order valence-corrected chi connectivity index (χ2v) is 5.88. The SMILES string of the molecule is Cc1nc2ccc(F)cc2cc1C(=O)Nc1cc(Cl)ccc1Cl.